The zero-order chi connectivity index (χ0) is 11.7. The second kappa shape index (κ2) is 8.28. The summed E-state index contributed by atoms with van der Waals surface area (Å²) in [5.41, 5.74) is 2.58. The second-order valence-corrected chi connectivity index (χ2v) is 3.84. The summed E-state index contributed by atoms with van der Waals surface area (Å²) in [6, 6.07) is 0.0752. The van der Waals surface area contributed by atoms with E-state index < -0.39 is 5.97 Å². The highest BCUT2D eigenvalue weighted by Gasteiger charge is 2.05. The van der Waals surface area contributed by atoms with E-state index >= 15 is 0 Å². The number of carboxylic acid groups (broad SMARTS) is 1. The molecule has 0 heterocycles. The molecule has 6 heteroatoms. The highest BCUT2D eigenvalue weighted by molar-refractivity contribution is 7.80. The topological polar surface area (TPSA) is 74.0 Å². The first-order valence-corrected chi connectivity index (χ1v) is 5.35. The van der Waals surface area contributed by atoms with E-state index in [0.29, 0.717) is 11.4 Å². The molecule has 0 aromatic carbocycles. The van der Waals surface area contributed by atoms with Crippen molar-refractivity contribution in [1.29, 1.82) is 0 Å². The SMILES string of the molecule is CCC(CCCC(=O)O)N=NNC(C)=S. The van der Waals surface area contributed by atoms with Crippen LogP contribution in [0.15, 0.2) is 10.3 Å². The summed E-state index contributed by atoms with van der Waals surface area (Å²) in [5, 5.41) is 16.2. The van der Waals surface area contributed by atoms with Gasteiger partial charge in [-0.15, -0.1) is 0 Å². The Kier molecular flexibility index (Phi) is 7.71. The number of carboxylic acids is 1. The molecule has 15 heavy (non-hydrogen) atoms. The van der Waals surface area contributed by atoms with Gasteiger partial charge >= 0.3 is 5.97 Å². The van der Waals surface area contributed by atoms with Crippen LogP contribution in [0.5, 0.6) is 0 Å². The Morgan fingerprint density at radius 3 is 2.73 bits per heavy atom. The van der Waals surface area contributed by atoms with Crippen molar-refractivity contribution in [3.05, 3.63) is 0 Å². The Morgan fingerprint density at radius 1 is 1.60 bits per heavy atom. The molecule has 86 valence electrons. The van der Waals surface area contributed by atoms with Gasteiger partial charge in [0.25, 0.3) is 0 Å². The highest BCUT2D eigenvalue weighted by Crippen LogP contribution is 2.08. The number of nitrogens with one attached hydrogen (secondary N) is 1. The van der Waals surface area contributed by atoms with Gasteiger partial charge in [0.05, 0.1) is 11.0 Å². The summed E-state index contributed by atoms with van der Waals surface area (Å²) in [6.07, 6.45) is 2.40. The molecule has 2 N–H and O–H groups in total. The number of hydrogen-bond donors (Lipinski definition) is 2. The Morgan fingerprint density at radius 2 is 2.27 bits per heavy atom. The molecule has 5 nitrogen and oxygen atoms in total. The smallest absolute Gasteiger partial charge is 0.303 e. The molecule has 0 fully saturated rings. The molecular formula is C9H17N3O2S. The lowest BCUT2D eigenvalue weighted by atomic mass is 10.1. The summed E-state index contributed by atoms with van der Waals surface area (Å²) < 4.78 is 0. The zero-order valence-corrected chi connectivity index (χ0v) is 9.88. The van der Waals surface area contributed by atoms with Gasteiger partial charge in [-0.1, -0.05) is 24.4 Å². The summed E-state index contributed by atoms with van der Waals surface area (Å²) in [5.74, 6) is -0.769. The minimum atomic E-state index is -0.769. The largest absolute Gasteiger partial charge is 0.481 e. The molecule has 0 amide bonds. The van der Waals surface area contributed by atoms with Crippen molar-refractivity contribution < 1.29 is 9.90 Å². The number of carbonyl (C=O) groups is 1. The third-order valence-electron chi connectivity index (χ3n) is 1.83. The van der Waals surface area contributed by atoms with Crippen LogP contribution >= 0.6 is 12.2 Å². The van der Waals surface area contributed by atoms with E-state index in [1.807, 2.05) is 6.92 Å². The minimum Gasteiger partial charge on any atom is -0.481 e. The normalized spacial score (nSPS) is 12.7. The van der Waals surface area contributed by atoms with Gasteiger partial charge in [0, 0.05) is 6.42 Å². The van der Waals surface area contributed by atoms with Crippen molar-refractivity contribution in [2.24, 2.45) is 10.3 Å². The molecule has 0 spiro atoms. The predicted molar refractivity (Wildman–Crippen MR) is 61.8 cm³/mol. The average Bonchev–Trinajstić information content (AvgIpc) is 2.14. The molecule has 0 rings (SSSR count). The van der Waals surface area contributed by atoms with Crippen LogP contribution in [0, 0.1) is 0 Å². The Labute approximate surface area is 94.9 Å². The lowest BCUT2D eigenvalue weighted by Gasteiger charge is -2.06. The van der Waals surface area contributed by atoms with Crippen molar-refractivity contribution in [2.75, 3.05) is 0 Å². The molecule has 0 radical (unpaired) electrons. The van der Waals surface area contributed by atoms with E-state index in [9.17, 15) is 4.79 Å². The van der Waals surface area contributed by atoms with E-state index in [-0.39, 0.29) is 12.5 Å². The molecule has 0 aromatic rings. The third kappa shape index (κ3) is 9.27. The van der Waals surface area contributed by atoms with E-state index in [2.05, 4.69) is 15.8 Å². The fourth-order valence-electron chi connectivity index (χ4n) is 1.01. The van der Waals surface area contributed by atoms with Crippen molar-refractivity contribution in [3.8, 4) is 0 Å². The van der Waals surface area contributed by atoms with Crippen LogP contribution in [0.3, 0.4) is 0 Å². The molecule has 0 aliphatic heterocycles. The third-order valence-corrected chi connectivity index (χ3v) is 1.92. The van der Waals surface area contributed by atoms with Gasteiger partial charge in [-0.05, 0) is 26.2 Å². The fourth-order valence-corrected chi connectivity index (χ4v) is 1.05. The summed E-state index contributed by atoms with van der Waals surface area (Å²) in [4.78, 5) is 10.9. The minimum absolute atomic E-state index is 0.0752. The van der Waals surface area contributed by atoms with Gasteiger partial charge < -0.3 is 5.11 Å². The van der Waals surface area contributed by atoms with E-state index in [0.717, 1.165) is 12.8 Å². The van der Waals surface area contributed by atoms with Crippen molar-refractivity contribution >= 4 is 23.2 Å². The van der Waals surface area contributed by atoms with Crippen LogP contribution in [0.2, 0.25) is 0 Å². The molecule has 0 aromatic heterocycles. The van der Waals surface area contributed by atoms with E-state index in [1.165, 1.54) is 0 Å². The van der Waals surface area contributed by atoms with Gasteiger partial charge in [-0.25, -0.2) is 0 Å². The van der Waals surface area contributed by atoms with Gasteiger partial charge in [-0.3, -0.25) is 10.2 Å². The lowest BCUT2D eigenvalue weighted by Crippen LogP contribution is -2.11. The van der Waals surface area contributed by atoms with Crippen molar-refractivity contribution in [2.45, 2.75) is 45.6 Å². The maximum absolute atomic E-state index is 10.3. The van der Waals surface area contributed by atoms with Crippen LogP contribution in [-0.2, 0) is 4.79 Å². The van der Waals surface area contributed by atoms with Crippen molar-refractivity contribution in [3.63, 3.8) is 0 Å². The van der Waals surface area contributed by atoms with Gasteiger partial charge in [0.2, 0.25) is 0 Å². The molecule has 1 atom stereocenters. The number of thiocarbonyl (C=S) groups is 1. The quantitative estimate of drug-likeness (QED) is 0.400. The van der Waals surface area contributed by atoms with Gasteiger partial charge in [0.1, 0.15) is 0 Å². The van der Waals surface area contributed by atoms with Crippen LogP contribution in [0.1, 0.15) is 39.5 Å². The molecule has 0 aliphatic rings. The summed E-state index contributed by atoms with van der Waals surface area (Å²) >= 11 is 4.76. The summed E-state index contributed by atoms with van der Waals surface area (Å²) in [6.45, 7) is 3.72. The van der Waals surface area contributed by atoms with Crippen LogP contribution in [-0.4, -0.2) is 22.1 Å². The first kappa shape index (κ1) is 14.0. The first-order chi connectivity index (χ1) is 7.06. The molecule has 0 saturated heterocycles. The zero-order valence-electron chi connectivity index (χ0n) is 9.06. The Hall–Kier alpha value is -1.04. The molecule has 0 saturated carbocycles. The number of hydrogen-bond acceptors (Lipinski definition) is 4. The van der Waals surface area contributed by atoms with Crippen LogP contribution in [0.25, 0.3) is 0 Å². The molecule has 1 unspecified atom stereocenters. The highest BCUT2D eigenvalue weighted by atomic mass is 32.1. The first-order valence-electron chi connectivity index (χ1n) is 4.94. The van der Waals surface area contributed by atoms with Crippen LogP contribution < -0.4 is 5.43 Å². The monoisotopic (exact) mass is 231 g/mol. The number of aliphatic carboxylic acids is 1. The number of nitrogens with zero attached hydrogens (tertiary/aromatic N) is 2. The maximum Gasteiger partial charge on any atom is 0.303 e. The molecule has 0 bridgehead atoms. The molecule has 0 aliphatic carbocycles. The van der Waals surface area contributed by atoms with Gasteiger partial charge in [-0.2, -0.15) is 5.11 Å². The lowest BCUT2D eigenvalue weighted by molar-refractivity contribution is -0.137. The van der Waals surface area contributed by atoms with E-state index in [1.54, 1.807) is 6.92 Å². The van der Waals surface area contributed by atoms with E-state index in [4.69, 9.17) is 17.3 Å². The van der Waals surface area contributed by atoms with Crippen molar-refractivity contribution in [1.82, 2.24) is 5.43 Å². The average molecular weight is 231 g/mol. The van der Waals surface area contributed by atoms with Gasteiger partial charge in [0.15, 0.2) is 0 Å². The maximum atomic E-state index is 10.3. The predicted octanol–water partition coefficient (Wildman–Crippen LogP) is 2.32. The summed E-state index contributed by atoms with van der Waals surface area (Å²) in [7, 11) is 0. The van der Waals surface area contributed by atoms with Crippen LogP contribution in [0.4, 0.5) is 0 Å². The number of rotatable bonds is 7. The standard InChI is InChI=1S/C9H17N3O2S/c1-3-8(5-4-6-9(13)14)11-12-10-7(2)15/h8H,3-6H2,1-2H3,(H,13,14)(H,10,11,15). The Bertz CT molecular complexity index is 244. The second-order valence-electron chi connectivity index (χ2n) is 3.23. The fraction of sp³-hybridized carbons (Fsp3) is 0.778. The molecular weight excluding hydrogens is 214 g/mol. The Balaban J connectivity index is 3.76.